The Balaban J connectivity index is 1.55. The lowest BCUT2D eigenvalue weighted by Crippen LogP contribution is -2.48. The molecule has 0 aliphatic carbocycles. The molecule has 1 aliphatic rings. The van der Waals surface area contributed by atoms with Crippen LogP contribution in [0.25, 0.3) is 0 Å². The summed E-state index contributed by atoms with van der Waals surface area (Å²) in [5.74, 6) is 0.793. The van der Waals surface area contributed by atoms with Crippen molar-refractivity contribution in [3.63, 3.8) is 0 Å². The molecular weight excluding hydrogens is 296 g/mol. The number of nitro groups is 1. The summed E-state index contributed by atoms with van der Waals surface area (Å²) in [6, 6.07) is 8.73. The first kappa shape index (κ1) is 15.2. The smallest absolute Gasteiger partial charge is 0.292 e. The topological polar surface area (TPSA) is 87.4 Å². The van der Waals surface area contributed by atoms with Gasteiger partial charge in [0.05, 0.1) is 11.6 Å². The fraction of sp³-hybridized carbons (Fsp3) is 0.333. The second kappa shape index (κ2) is 7.01. The fourth-order valence-corrected chi connectivity index (χ4v) is 2.62. The molecule has 1 saturated heterocycles. The van der Waals surface area contributed by atoms with Crippen molar-refractivity contribution in [3.8, 4) is 0 Å². The van der Waals surface area contributed by atoms with Crippen LogP contribution in [0.1, 0.15) is 0 Å². The number of aromatic nitrogens is 2. The summed E-state index contributed by atoms with van der Waals surface area (Å²) in [7, 11) is 0. The van der Waals surface area contributed by atoms with Crippen molar-refractivity contribution in [3.05, 3.63) is 53.0 Å². The minimum atomic E-state index is -0.321. The third-order valence-corrected chi connectivity index (χ3v) is 3.86. The van der Waals surface area contributed by atoms with Gasteiger partial charge in [0.2, 0.25) is 0 Å². The predicted octanol–water partition coefficient (Wildman–Crippen LogP) is 1.58. The van der Waals surface area contributed by atoms with Crippen molar-refractivity contribution < 1.29 is 4.92 Å². The molecule has 1 aromatic carbocycles. The standard InChI is InChI=1S/C15H18N6O2/c22-21(23)14-4-2-1-3-13(14)20-9-7-19(8-10-20)12-18-15-5-6-16-11-17-15/h1-6,11H,7-10,12H2,(H,16,17,18). The molecule has 0 atom stereocenters. The SMILES string of the molecule is O=[N+]([O-])c1ccccc1N1CCN(CNc2ccncn2)CC1. The van der Waals surface area contributed by atoms with E-state index in [9.17, 15) is 10.1 Å². The monoisotopic (exact) mass is 314 g/mol. The van der Waals surface area contributed by atoms with Gasteiger partial charge in [-0.05, 0) is 12.1 Å². The minimum Gasteiger partial charge on any atom is -0.363 e. The summed E-state index contributed by atoms with van der Waals surface area (Å²) in [6.07, 6.45) is 3.20. The fourth-order valence-electron chi connectivity index (χ4n) is 2.62. The van der Waals surface area contributed by atoms with Crippen LogP contribution in [0.2, 0.25) is 0 Å². The number of nitrogens with one attached hydrogen (secondary N) is 1. The predicted molar refractivity (Wildman–Crippen MR) is 87.4 cm³/mol. The molecule has 2 heterocycles. The number of anilines is 2. The number of hydrogen-bond donors (Lipinski definition) is 1. The van der Waals surface area contributed by atoms with Crippen molar-refractivity contribution >= 4 is 17.2 Å². The largest absolute Gasteiger partial charge is 0.363 e. The number of piperazine rings is 1. The van der Waals surface area contributed by atoms with E-state index in [1.54, 1.807) is 18.3 Å². The Morgan fingerprint density at radius 1 is 1.17 bits per heavy atom. The third kappa shape index (κ3) is 3.72. The number of nitrogens with zero attached hydrogens (tertiary/aromatic N) is 5. The molecule has 0 saturated carbocycles. The molecule has 0 unspecified atom stereocenters. The van der Waals surface area contributed by atoms with Gasteiger partial charge in [-0.2, -0.15) is 0 Å². The van der Waals surface area contributed by atoms with Crippen LogP contribution in [-0.2, 0) is 0 Å². The molecule has 0 amide bonds. The second-order valence-corrected chi connectivity index (χ2v) is 5.28. The molecule has 2 aromatic rings. The zero-order valence-corrected chi connectivity index (χ0v) is 12.6. The van der Waals surface area contributed by atoms with Gasteiger partial charge >= 0.3 is 0 Å². The molecule has 0 spiro atoms. The van der Waals surface area contributed by atoms with Gasteiger partial charge in [0.15, 0.2) is 0 Å². The third-order valence-electron chi connectivity index (χ3n) is 3.86. The van der Waals surface area contributed by atoms with Gasteiger partial charge in [-0.1, -0.05) is 12.1 Å². The van der Waals surface area contributed by atoms with E-state index >= 15 is 0 Å². The van der Waals surface area contributed by atoms with Crippen LogP contribution in [0.3, 0.4) is 0 Å². The zero-order chi connectivity index (χ0) is 16.1. The summed E-state index contributed by atoms with van der Waals surface area (Å²) in [5, 5.41) is 14.4. The molecule has 1 N–H and O–H groups in total. The van der Waals surface area contributed by atoms with E-state index in [1.165, 1.54) is 6.33 Å². The van der Waals surface area contributed by atoms with E-state index in [2.05, 4.69) is 25.1 Å². The number of hydrogen-bond acceptors (Lipinski definition) is 7. The summed E-state index contributed by atoms with van der Waals surface area (Å²) < 4.78 is 0. The molecule has 8 heteroatoms. The number of para-hydroxylation sites is 2. The molecule has 0 radical (unpaired) electrons. The van der Waals surface area contributed by atoms with Crippen molar-refractivity contribution in [1.29, 1.82) is 0 Å². The number of rotatable bonds is 5. The lowest BCUT2D eigenvalue weighted by molar-refractivity contribution is -0.384. The zero-order valence-electron chi connectivity index (χ0n) is 12.6. The van der Waals surface area contributed by atoms with Gasteiger partial charge in [-0.25, -0.2) is 9.97 Å². The summed E-state index contributed by atoms with van der Waals surface area (Å²) >= 11 is 0. The summed E-state index contributed by atoms with van der Waals surface area (Å²) in [6.45, 7) is 3.89. The quantitative estimate of drug-likeness (QED) is 0.662. The van der Waals surface area contributed by atoms with Crippen LogP contribution < -0.4 is 10.2 Å². The Morgan fingerprint density at radius 2 is 1.96 bits per heavy atom. The van der Waals surface area contributed by atoms with Gasteiger partial charge in [-0.15, -0.1) is 0 Å². The maximum atomic E-state index is 11.1. The molecule has 120 valence electrons. The molecule has 8 nitrogen and oxygen atoms in total. The normalized spacial score (nSPS) is 15.4. The molecule has 0 bridgehead atoms. The molecule has 23 heavy (non-hydrogen) atoms. The van der Waals surface area contributed by atoms with E-state index in [1.807, 2.05) is 18.2 Å². The van der Waals surface area contributed by atoms with Crippen molar-refractivity contribution in [2.75, 3.05) is 43.1 Å². The van der Waals surface area contributed by atoms with E-state index in [4.69, 9.17) is 0 Å². The van der Waals surface area contributed by atoms with Crippen LogP contribution >= 0.6 is 0 Å². The van der Waals surface area contributed by atoms with Gasteiger partial charge < -0.3 is 10.2 Å². The number of nitro benzene ring substituents is 1. The van der Waals surface area contributed by atoms with Gasteiger partial charge in [0.1, 0.15) is 17.8 Å². The molecule has 3 rings (SSSR count). The van der Waals surface area contributed by atoms with Crippen LogP contribution in [0.5, 0.6) is 0 Å². The van der Waals surface area contributed by atoms with E-state index in [-0.39, 0.29) is 10.6 Å². The van der Waals surface area contributed by atoms with Crippen LogP contribution in [-0.4, -0.2) is 52.6 Å². The molecular formula is C15H18N6O2. The van der Waals surface area contributed by atoms with E-state index in [0.29, 0.717) is 12.4 Å². The Hall–Kier alpha value is -2.74. The average Bonchev–Trinajstić information content (AvgIpc) is 2.61. The van der Waals surface area contributed by atoms with Gasteiger partial charge in [-0.3, -0.25) is 15.0 Å². The highest BCUT2D eigenvalue weighted by Gasteiger charge is 2.22. The molecule has 1 aliphatic heterocycles. The highest BCUT2D eigenvalue weighted by atomic mass is 16.6. The second-order valence-electron chi connectivity index (χ2n) is 5.28. The maximum Gasteiger partial charge on any atom is 0.292 e. The highest BCUT2D eigenvalue weighted by Crippen LogP contribution is 2.28. The maximum absolute atomic E-state index is 11.1. The van der Waals surface area contributed by atoms with Crippen LogP contribution in [0.4, 0.5) is 17.2 Å². The van der Waals surface area contributed by atoms with Crippen molar-refractivity contribution in [2.24, 2.45) is 0 Å². The summed E-state index contributed by atoms with van der Waals surface area (Å²) in [4.78, 5) is 23.1. The lowest BCUT2D eigenvalue weighted by atomic mass is 10.2. The Kier molecular flexibility index (Phi) is 4.62. The van der Waals surface area contributed by atoms with Crippen LogP contribution in [0.15, 0.2) is 42.9 Å². The van der Waals surface area contributed by atoms with Crippen molar-refractivity contribution in [2.45, 2.75) is 0 Å². The average molecular weight is 314 g/mol. The Morgan fingerprint density at radius 3 is 2.65 bits per heavy atom. The first-order valence-corrected chi connectivity index (χ1v) is 7.44. The van der Waals surface area contributed by atoms with E-state index in [0.717, 1.165) is 32.0 Å². The Labute approximate surface area is 133 Å². The Bertz CT molecular complexity index is 658. The molecule has 1 fully saturated rings. The first-order valence-electron chi connectivity index (χ1n) is 7.44. The number of benzene rings is 1. The van der Waals surface area contributed by atoms with Gasteiger partial charge in [0.25, 0.3) is 5.69 Å². The first-order chi connectivity index (χ1) is 11.2. The summed E-state index contributed by atoms with van der Waals surface area (Å²) in [5.41, 5.74) is 0.862. The van der Waals surface area contributed by atoms with E-state index < -0.39 is 0 Å². The molecule has 1 aromatic heterocycles. The minimum absolute atomic E-state index is 0.167. The lowest BCUT2D eigenvalue weighted by Gasteiger charge is -2.35. The highest BCUT2D eigenvalue weighted by molar-refractivity contribution is 5.63. The van der Waals surface area contributed by atoms with Gasteiger partial charge in [0, 0.05) is 38.4 Å². The van der Waals surface area contributed by atoms with Crippen molar-refractivity contribution in [1.82, 2.24) is 14.9 Å². The van der Waals surface area contributed by atoms with Crippen LogP contribution in [0, 0.1) is 10.1 Å².